The number of hydrogen-bond acceptors (Lipinski definition) is 4. The Morgan fingerprint density at radius 2 is 1.90 bits per heavy atom. The highest BCUT2D eigenvalue weighted by molar-refractivity contribution is 9.08. The lowest BCUT2D eigenvalue weighted by Gasteiger charge is -2.21. The van der Waals surface area contributed by atoms with Crippen LogP contribution in [0.2, 0.25) is 0 Å². The zero-order valence-corrected chi connectivity index (χ0v) is 13.9. The summed E-state index contributed by atoms with van der Waals surface area (Å²) in [5.74, 6) is 0. The molecule has 1 aromatic heterocycles. The van der Waals surface area contributed by atoms with Gasteiger partial charge in [-0.3, -0.25) is 9.36 Å². The highest BCUT2D eigenvalue weighted by atomic mass is 79.9. The first-order valence-corrected chi connectivity index (χ1v) is 7.37. The zero-order valence-electron chi connectivity index (χ0n) is 12.3. The molecule has 0 aliphatic carbocycles. The van der Waals surface area contributed by atoms with Crippen LogP contribution in [-0.2, 0) is 10.1 Å². The molecule has 20 heavy (non-hydrogen) atoms. The van der Waals surface area contributed by atoms with Crippen LogP contribution >= 0.6 is 15.9 Å². The van der Waals surface area contributed by atoms with Crippen LogP contribution in [0.1, 0.15) is 46.2 Å². The Bertz CT molecular complexity index is 623. The molecule has 0 fully saturated rings. The normalized spacial score (nSPS) is 11.8. The minimum atomic E-state index is -0.793. The summed E-state index contributed by atoms with van der Waals surface area (Å²) < 4.78 is 7.05. The number of carbonyl (C=O) groups is 1. The second-order valence-corrected chi connectivity index (χ2v) is 6.25. The molecule has 1 rings (SSSR count). The van der Waals surface area contributed by atoms with Crippen LogP contribution in [0.25, 0.3) is 0 Å². The second-order valence-electron chi connectivity index (χ2n) is 5.69. The molecule has 0 amide bonds. The van der Waals surface area contributed by atoms with Crippen molar-refractivity contribution < 1.29 is 9.53 Å². The molecule has 7 heteroatoms. The van der Waals surface area contributed by atoms with Crippen LogP contribution in [-0.4, -0.2) is 20.8 Å². The number of hydrogen-bond donors (Lipinski definition) is 0. The molecule has 0 atom stereocenters. The van der Waals surface area contributed by atoms with Crippen LogP contribution in [0.4, 0.5) is 4.79 Å². The Morgan fingerprint density at radius 3 is 2.30 bits per heavy atom. The summed E-state index contributed by atoms with van der Waals surface area (Å²) in [6.07, 6.45) is 0.436. The minimum absolute atomic E-state index is 0.252. The standard InChI is InChI=1S/C13H19BrN2O4/c1-8(2)16-10(17)9(6-14)7-15(11(16)18)12(19)20-13(3,4)5/h7-8H,6H2,1-5H3. The van der Waals surface area contributed by atoms with Crippen molar-refractivity contribution in [2.45, 2.75) is 51.6 Å². The second kappa shape index (κ2) is 5.95. The van der Waals surface area contributed by atoms with E-state index in [-0.39, 0.29) is 11.4 Å². The molecular weight excluding hydrogens is 328 g/mol. The van der Waals surface area contributed by atoms with Crippen molar-refractivity contribution >= 4 is 22.0 Å². The molecule has 0 saturated heterocycles. The fourth-order valence-corrected chi connectivity index (χ4v) is 2.00. The molecule has 0 unspecified atom stereocenters. The van der Waals surface area contributed by atoms with Gasteiger partial charge in [-0.15, -0.1) is 0 Å². The number of nitrogens with zero attached hydrogens (tertiary/aromatic N) is 2. The van der Waals surface area contributed by atoms with E-state index < -0.39 is 22.9 Å². The van der Waals surface area contributed by atoms with Gasteiger partial charge in [-0.1, -0.05) is 15.9 Å². The summed E-state index contributed by atoms with van der Waals surface area (Å²) >= 11 is 3.18. The number of carbonyl (C=O) groups excluding carboxylic acids is 1. The van der Waals surface area contributed by atoms with Gasteiger partial charge in [0.15, 0.2) is 0 Å². The van der Waals surface area contributed by atoms with Crippen LogP contribution in [0.3, 0.4) is 0 Å². The lowest BCUT2D eigenvalue weighted by molar-refractivity contribution is 0.0524. The number of aromatic nitrogens is 2. The van der Waals surface area contributed by atoms with Gasteiger partial charge in [0.05, 0.1) is 0 Å². The summed E-state index contributed by atoms with van der Waals surface area (Å²) in [4.78, 5) is 36.4. The van der Waals surface area contributed by atoms with Crippen LogP contribution < -0.4 is 11.2 Å². The van der Waals surface area contributed by atoms with E-state index in [4.69, 9.17) is 4.74 Å². The first-order valence-electron chi connectivity index (χ1n) is 6.25. The van der Waals surface area contributed by atoms with E-state index in [9.17, 15) is 14.4 Å². The summed E-state index contributed by atoms with van der Waals surface area (Å²) in [6, 6.07) is -0.345. The summed E-state index contributed by atoms with van der Waals surface area (Å²) in [6.45, 7) is 8.54. The minimum Gasteiger partial charge on any atom is -0.443 e. The van der Waals surface area contributed by atoms with Gasteiger partial charge in [-0.05, 0) is 34.6 Å². The van der Waals surface area contributed by atoms with Crippen molar-refractivity contribution in [3.8, 4) is 0 Å². The SMILES string of the molecule is CC(C)n1c(=O)c(CBr)cn(C(=O)OC(C)(C)C)c1=O. The number of rotatable bonds is 2. The maximum Gasteiger partial charge on any atom is 0.422 e. The van der Waals surface area contributed by atoms with Crippen molar-refractivity contribution in [1.29, 1.82) is 0 Å². The molecule has 1 aromatic rings. The molecule has 6 nitrogen and oxygen atoms in total. The summed E-state index contributed by atoms with van der Waals surface area (Å²) in [5.41, 5.74) is -1.49. The molecule has 0 radical (unpaired) electrons. The van der Waals surface area contributed by atoms with E-state index in [1.165, 1.54) is 6.20 Å². The lowest BCUT2D eigenvalue weighted by atomic mass is 10.2. The topological polar surface area (TPSA) is 70.3 Å². The van der Waals surface area contributed by atoms with E-state index in [0.29, 0.717) is 5.56 Å². The largest absolute Gasteiger partial charge is 0.443 e. The predicted octanol–water partition coefficient (Wildman–Crippen LogP) is 2.27. The maximum atomic E-state index is 12.2. The van der Waals surface area contributed by atoms with Gasteiger partial charge >= 0.3 is 11.8 Å². The zero-order chi connectivity index (χ0) is 15.7. The van der Waals surface area contributed by atoms with Crippen LogP contribution in [0.5, 0.6) is 0 Å². The fraction of sp³-hybridized carbons (Fsp3) is 0.615. The third-order valence-corrected chi connectivity index (χ3v) is 3.05. The molecule has 0 N–H and O–H groups in total. The first kappa shape index (κ1) is 16.7. The Labute approximate surface area is 125 Å². The molecule has 112 valence electrons. The Balaban J connectivity index is 3.49. The molecular formula is C13H19BrN2O4. The molecule has 0 aromatic carbocycles. The third kappa shape index (κ3) is 3.59. The molecule has 0 spiro atoms. The summed E-state index contributed by atoms with van der Waals surface area (Å²) in [5, 5.41) is 0.252. The van der Waals surface area contributed by atoms with Crippen molar-refractivity contribution in [3.63, 3.8) is 0 Å². The van der Waals surface area contributed by atoms with Gasteiger partial charge in [0.25, 0.3) is 5.56 Å². The van der Waals surface area contributed by atoms with Gasteiger partial charge in [0.2, 0.25) is 0 Å². The quantitative estimate of drug-likeness (QED) is 0.770. The van der Waals surface area contributed by atoms with Crippen molar-refractivity contribution in [1.82, 2.24) is 9.13 Å². The molecule has 0 aliphatic heterocycles. The van der Waals surface area contributed by atoms with Crippen molar-refractivity contribution in [3.05, 3.63) is 32.6 Å². The number of alkyl halides is 1. The predicted molar refractivity (Wildman–Crippen MR) is 79.6 cm³/mol. The molecule has 1 heterocycles. The van der Waals surface area contributed by atoms with Gasteiger partial charge in [-0.2, -0.15) is 0 Å². The molecule has 0 saturated carbocycles. The van der Waals surface area contributed by atoms with Crippen LogP contribution in [0.15, 0.2) is 15.8 Å². The molecule has 0 bridgehead atoms. The maximum absolute atomic E-state index is 12.2. The third-order valence-electron chi connectivity index (χ3n) is 2.44. The Kier molecular flexibility index (Phi) is 4.96. The number of ether oxygens (including phenoxy) is 1. The average Bonchev–Trinajstić information content (AvgIpc) is 2.26. The van der Waals surface area contributed by atoms with E-state index in [0.717, 1.165) is 9.13 Å². The van der Waals surface area contributed by atoms with Crippen molar-refractivity contribution in [2.24, 2.45) is 0 Å². The Hall–Kier alpha value is -1.37. The number of halogens is 1. The highest BCUT2D eigenvalue weighted by Crippen LogP contribution is 2.09. The van der Waals surface area contributed by atoms with E-state index in [1.54, 1.807) is 34.6 Å². The van der Waals surface area contributed by atoms with Gasteiger partial charge in [0.1, 0.15) is 5.60 Å². The van der Waals surface area contributed by atoms with Crippen molar-refractivity contribution in [2.75, 3.05) is 0 Å². The average molecular weight is 347 g/mol. The lowest BCUT2D eigenvalue weighted by Crippen LogP contribution is -2.45. The van der Waals surface area contributed by atoms with E-state index >= 15 is 0 Å². The molecule has 0 aliphatic rings. The summed E-state index contributed by atoms with van der Waals surface area (Å²) in [7, 11) is 0. The van der Waals surface area contributed by atoms with E-state index in [1.807, 2.05) is 0 Å². The fourth-order valence-electron chi connectivity index (χ4n) is 1.61. The van der Waals surface area contributed by atoms with Gasteiger partial charge in [0, 0.05) is 23.1 Å². The smallest absolute Gasteiger partial charge is 0.422 e. The highest BCUT2D eigenvalue weighted by Gasteiger charge is 2.22. The monoisotopic (exact) mass is 346 g/mol. The first-order chi connectivity index (χ1) is 9.08. The van der Waals surface area contributed by atoms with Gasteiger partial charge in [-0.25, -0.2) is 14.2 Å². The Morgan fingerprint density at radius 1 is 1.35 bits per heavy atom. The van der Waals surface area contributed by atoms with Crippen LogP contribution in [0, 0.1) is 0 Å². The van der Waals surface area contributed by atoms with E-state index in [2.05, 4.69) is 15.9 Å². The van der Waals surface area contributed by atoms with Gasteiger partial charge < -0.3 is 4.74 Å².